The molecule has 1 aliphatic carbocycles. The van der Waals surface area contributed by atoms with Crippen LogP contribution >= 0.6 is 0 Å². The molecular formula is C14H21N3O2. The molecule has 3 rings (SSSR count). The van der Waals surface area contributed by atoms with Crippen molar-refractivity contribution in [2.24, 2.45) is 5.92 Å². The van der Waals surface area contributed by atoms with Crippen LogP contribution in [0, 0.1) is 12.8 Å². The van der Waals surface area contributed by atoms with Crippen molar-refractivity contribution in [3.05, 3.63) is 18.0 Å². The molecule has 2 fully saturated rings. The molecule has 0 spiro atoms. The van der Waals surface area contributed by atoms with E-state index in [9.17, 15) is 4.79 Å². The van der Waals surface area contributed by atoms with Gasteiger partial charge in [0.2, 0.25) is 0 Å². The Morgan fingerprint density at radius 2 is 2.26 bits per heavy atom. The Bertz CT molecular complexity index is 517. The van der Waals surface area contributed by atoms with Gasteiger partial charge in [-0.2, -0.15) is 5.10 Å². The summed E-state index contributed by atoms with van der Waals surface area (Å²) in [5.41, 5.74) is 0.764. The van der Waals surface area contributed by atoms with Crippen molar-refractivity contribution in [2.75, 3.05) is 13.1 Å². The van der Waals surface area contributed by atoms with Crippen LogP contribution in [0.3, 0.4) is 0 Å². The van der Waals surface area contributed by atoms with E-state index < -0.39 is 5.60 Å². The van der Waals surface area contributed by atoms with E-state index in [-0.39, 0.29) is 11.6 Å². The van der Waals surface area contributed by atoms with E-state index in [0.717, 1.165) is 18.5 Å². The standard InChI is InChI=1S/C14H21N3O2/c1-10-6-15-17(7-10)14-5-11(14)8-16(9-14)12(18)19-13(2,3)4/h6-7,11H,5,8-9H2,1-4H3. The summed E-state index contributed by atoms with van der Waals surface area (Å²) in [5, 5.41) is 4.42. The Morgan fingerprint density at radius 1 is 1.53 bits per heavy atom. The molecule has 104 valence electrons. The third-order valence-electron chi connectivity index (χ3n) is 3.92. The van der Waals surface area contributed by atoms with Gasteiger partial charge >= 0.3 is 6.09 Å². The Kier molecular flexibility index (Phi) is 2.46. The number of amides is 1. The summed E-state index contributed by atoms with van der Waals surface area (Å²) < 4.78 is 7.47. The Balaban J connectivity index is 1.70. The van der Waals surface area contributed by atoms with Crippen LogP contribution in [0.15, 0.2) is 12.4 Å². The van der Waals surface area contributed by atoms with E-state index in [1.165, 1.54) is 0 Å². The fourth-order valence-electron chi connectivity index (χ4n) is 2.93. The molecule has 0 aromatic carbocycles. The monoisotopic (exact) mass is 263 g/mol. The topological polar surface area (TPSA) is 47.4 Å². The van der Waals surface area contributed by atoms with Crippen molar-refractivity contribution < 1.29 is 9.53 Å². The summed E-state index contributed by atoms with van der Waals surface area (Å²) in [6, 6.07) is 0. The quantitative estimate of drug-likeness (QED) is 0.780. The summed E-state index contributed by atoms with van der Waals surface area (Å²) in [6.45, 7) is 9.23. The van der Waals surface area contributed by atoms with Gasteiger partial charge in [0.25, 0.3) is 0 Å². The van der Waals surface area contributed by atoms with Crippen molar-refractivity contribution in [1.82, 2.24) is 14.7 Å². The number of aromatic nitrogens is 2. The first kappa shape index (κ1) is 12.5. The van der Waals surface area contributed by atoms with Gasteiger partial charge in [0.05, 0.1) is 11.7 Å². The first-order chi connectivity index (χ1) is 8.80. The third-order valence-corrected chi connectivity index (χ3v) is 3.92. The highest BCUT2D eigenvalue weighted by atomic mass is 16.6. The fraction of sp³-hybridized carbons (Fsp3) is 0.714. The van der Waals surface area contributed by atoms with Gasteiger partial charge in [0, 0.05) is 25.2 Å². The Hall–Kier alpha value is -1.52. The highest BCUT2D eigenvalue weighted by Gasteiger charge is 2.63. The second-order valence-corrected chi connectivity index (χ2v) is 6.83. The minimum Gasteiger partial charge on any atom is -0.444 e. The number of hydrogen-bond donors (Lipinski definition) is 0. The lowest BCUT2D eigenvalue weighted by Crippen LogP contribution is -2.38. The molecule has 1 amide bonds. The number of piperidine rings is 1. The molecule has 0 radical (unpaired) electrons. The number of fused-ring (bicyclic) bond motifs is 1. The molecule has 0 N–H and O–H groups in total. The van der Waals surface area contributed by atoms with Crippen molar-refractivity contribution in [1.29, 1.82) is 0 Å². The van der Waals surface area contributed by atoms with Gasteiger partial charge < -0.3 is 9.64 Å². The van der Waals surface area contributed by atoms with E-state index in [4.69, 9.17) is 4.74 Å². The van der Waals surface area contributed by atoms with Crippen LogP contribution in [0.2, 0.25) is 0 Å². The lowest BCUT2D eigenvalue weighted by molar-refractivity contribution is 0.0262. The van der Waals surface area contributed by atoms with E-state index >= 15 is 0 Å². The normalized spacial score (nSPS) is 29.3. The third kappa shape index (κ3) is 2.11. The Morgan fingerprint density at radius 3 is 2.84 bits per heavy atom. The van der Waals surface area contributed by atoms with Crippen LogP contribution in [0.25, 0.3) is 0 Å². The minimum absolute atomic E-state index is 0.0329. The molecule has 1 aliphatic heterocycles. The van der Waals surface area contributed by atoms with Crippen LogP contribution < -0.4 is 0 Å². The molecule has 1 saturated carbocycles. The lowest BCUT2D eigenvalue weighted by atomic mass is 10.2. The molecule has 2 heterocycles. The second-order valence-electron chi connectivity index (χ2n) is 6.83. The molecular weight excluding hydrogens is 242 g/mol. The van der Waals surface area contributed by atoms with Crippen molar-refractivity contribution >= 4 is 6.09 Å². The maximum atomic E-state index is 12.1. The first-order valence-corrected chi connectivity index (χ1v) is 6.80. The smallest absolute Gasteiger partial charge is 0.410 e. The molecule has 5 heteroatoms. The zero-order chi connectivity index (χ0) is 13.8. The summed E-state index contributed by atoms with van der Waals surface area (Å²) in [4.78, 5) is 13.9. The number of carbonyl (C=O) groups is 1. The molecule has 2 atom stereocenters. The van der Waals surface area contributed by atoms with Gasteiger partial charge in [-0.3, -0.25) is 4.68 Å². The van der Waals surface area contributed by atoms with Gasteiger partial charge in [-0.05, 0) is 39.7 Å². The summed E-state index contributed by atoms with van der Waals surface area (Å²) in [7, 11) is 0. The highest BCUT2D eigenvalue weighted by molar-refractivity contribution is 5.69. The maximum Gasteiger partial charge on any atom is 0.410 e. The minimum atomic E-state index is -0.431. The van der Waals surface area contributed by atoms with Crippen LogP contribution in [0.4, 0.5) is 4.79 Å². The molecule has 1 aromatic rings. The number of ether oxygens (including phenoxy) is 1. The van der Waals surface area contributed by atoms with E-state index in [2.05, 4.69) is 11.3 Å². The Labute approximate surface area is 113 Å². The van der Waals surface area contributed by atoms with E-state index in [1.807, 2.05) is 43.5 Å². The predicted molar refractivity (Wildman–Crippen MR) is 70.9 cm³/mol. The first-order valence-electron chi connectivity index (χ1n) is 6.80. The molecule has 2 aliphatic rings. The lowest BCUT2D eigenvalue weighted by Gasteiger charge is -2.26. The predicted octanol–water partition coefficient (Wildman–Crippen LogP) is 2.16. The molecule has 5 nitrogen and oxygen atoms in total. The number of likely N-dealkylation sites (tertiary alicyclic amines) is 1. The number of rotatable bonds is 1. The van der Waals surface area contributed by atoms with Gasteiger partial charge in [0.1, 0.15) is 5.60 Å². The largest absolute Gasteiger partial charge is 0.444 e. The van der Waals surface area contributed by atoms with Crippen LogP contribution in [-0.4, -0.2) is 39.5 Å². The summed E-state index contributed by atoms with van der Waals surface area (Å²) >= 11 is 0. The second kappa shape index (κ2) is 3.74. The number of carbonyl (C=O) groups excluding carboxylic acids is 1. The zero-order valence-corrected chi connectivity index (χ0v) is 12.0. The van der Waals surface area contributed by atoms with Gasteiger partial charge in [-0.25, -0.2) is 4.79 Å². The van der Waals surface area contributed by atoms with E-state index in [1.54, 1.807) is 0 Å². The fourth-order valence-corrected chi connectivity index (χ4v) is 2.93. The van der Waals surface area contributed by atoms with Crippen molar-refractivity contribution in [2.45, 2.75) is 45.3 Å². The molecule has 1 aromatic heterocycles. The van der Waals surface area contributed by atoms with Crippen molar-refractivity contribution in [3.8, 4) is 0 Å². The molecule has 2 unspecified atom stereocenters. The number of hydrogen-bond acceptors (Lipinski definition) is 3. The van der Waals surface area contributed by atoms with Crippen LogP contribution in [0.1, 0.15) is 32.8 Å². The van der Waals surface area contributed by atoms with Crippen molar-refractivity contribution in [3.63, 3.8) is 0 Å². The SMILES string of the molecule is Cc1cnn(C23CC2CN(C(=O)OC(C)(C)C)C3)c1. The average molecular weight is 263 g/mol. The molecule has 19 heavy (non-hydrogen) atoms. The van der Waals surface area contributed by atoms with Gasteiger partial charge in [-0.15, -0.1) is 0 Å². The van der Waals surface area contributed by atoms with E-state index in [0.29, 0.717) is 12.5 Å². The number of aryl methyl sites for hydroxylation is 1. The highest BCUT2D eigenvalue weighted by Crippen LogP contribution is 2.55. The summed E-state index contributed by atoms with van der Waals surface area (Å²) in [5.74, 6) is 0.527. The van der Waals surface area contributed by atoms with Gasteiger partial charge in [0.15, 0.2) is 0 Å². The number of nitrogens with zero attached hydrogens (tertiary/aromatic N) is 3. The molecule has 0 bridgehead atoms. The zero-order valence-electron chi connectivity index (χ0n) is 12.0. The van der Waals surface area contributed by atoms with Crippen LogP contribution in [-0.2, 0) is 10.3 Å². The average Bonchev–Trinajstić information content (AvgIpc) is 2.68. The van der Waals surface area contributed by atoms with Crippen LogP contribution in [0.5, 0.6) is 0 Å². The summed E-state index contributed by atoms with van der Waals surface area (Å²) in [6.07, 6.45) is 4.86. The maximum absolute atomic E-state index is 12.1. The molecule has 1 saturated heterocycles. The van der Waals surface area contributed by atoms with Gasteiger partial charge in [-0.1, -0.05) is 0 Å².